The maximum atomic E-state index is 13.3. The van der Waals surface area contributed by atoms with Gasteiger partial charge in [-0.25, -0.2) is 4.99 Å². The minimum Gasteiger partial charge on any atom is -0.266 e. The van der Waals surface area contributed by atoms with Crippen LogP contribution in [-0.4, -0.2) is 11.7 Å². The van der Waals surface area contributed by atoms with Crippen LogP contribution in [0.4, 0.5) is 5.69 Å². The van der Waals surface area contributed by atoms with Crippen molar-refractivity contribution in [3.05, 3.63) is 132 Å². The normalized spacial score (nSPS) is 14.7. The van der Waals surface area contributed by atoms with Gasteiger partial charge in [0.2, 0.25) is 0 Å². The molecule has 0 radical (unpaired) electrons. The molecule has 4 aromatic carbocycles. The highest BCUT2D eigenvalue weighted by Crippen LogP contribution is 2.28. The Balaban J connectivity index is 1.52. The smallest absolute Gasteiger partial charge is 0.266 e. The standard InChI is InChI=1S/C28H20N2O/c31-28-26(20-21-16-18-23(19-17-21)22-10-4-1-5-11-22)29-27(24-12-6-2-7-13-24)30(28)25-14-8-3-9-15-25/h1-20H/b26-20-. The number of para-hydroxylation sites is 1. The fourth-order valence-corrected chi connectivity index (χ4v) is 3.67. The van der Waals surface area contributed by atoms with Gasteiger partial charge in [0.05, 0.1) is 5.69 Å². The van der Waals surface area contributed by atoms with Crippen LogP contribution in [0.1, 0.15) is 11.1 Å². The summed E-state index contributed by atoms with van der Waals surface area (Å²) in [5, 5.41) is 0. The lowest BCUT2D eigenvalue weighted by atomic mass is 10.0. The van der Waals surface area contributed by atoms with Crippen molar-refractivity contribution in [1.29, 1.82) is 0 Å². The average Bonchev–Trinajstić information content (AvgIpc) is 3.17. The first kappa shape index (κ1) is 18.8. The third-order valence-corrected chi connectivity index (χ3v) is 5.23. The Morgan fingerprint density at radius 1 is 0.581 bits per heavy atom. The molecule has 1 aliphatic rings. The van der Waals surface area contributed by atoms with Crippen molar-refractivity contribution in [1.82, 2.24) is 0 Å². The zero-order valence-electron chi connectivity index (χ0n) is 16.8. The molecule has 0 saturated heterocycles. The van der Waals surface area contributed by atoms with Gasteiger partial charge in [-0.1, -0.05) is 103 Å². The molecule has 0 aliphatic carbocycles. The summed E-state index contributed by atoms with van der Waals surface area (Å²) < 4.78 is 0. The summed E-state index contributed by atoms with van der Waals surface area (Å²) in [5.41, 5.74) is 5.38. The SMILES string of the molecule is O=C1/C(=C/c2ccc(-c3ccccc3)cc2)N=C(c2ccccc2)N1c1ccccc1. The third-order valence-electron chi connectivity index (χ3n) is 5.23. The monoisotopic (exact) mass is 400 g/mol. The van der Waals surface area contributed by atoms with Gasteiger partial charge in [0.1, 0.15) is 11.5 Å². The van der Waals surface area contributed by atoms with Crippen molar-refractivity contribution in [3.63, 3.8) is 0 Å². The van der Waals surface area contributed by atoms with E-state index < -0.39 is 0 Å². The van der Waals surface area contributed by atoms with Gasteiger partial charge in [-0.15, -0.1) is 0 Å². The third kappa shape index (κ3) is 3.81. The Bertz CT molecular complexity index is 1260. The molecule has 1 amide bonds. The van der Waals surface area contributed by atoms with Crippen molar-refractivity contribution < 1.29 is 4.79 Å². The van der Waals surface area contributed by atoms with Gasteiger partial charge in [-0.2, -0.15) is 0 Å². The summed E-state index contributed by atoms with van der Waals surface area (Å²) >= 11 is 0. The number of anilines is 1. The Kier molecular flexibility index (Phi) is 4.99. The second-order valence-corrected chi connectivity index (χ2v) is 7.30. The average molecular weight is 400 g/mol. The second kappa shape index (κ2) is 8.25. The van der Waals surface area contributed by atoms with E-state index in [0.717, 1.165) is 22.4 Å². The molecule has 148 valence electrons. The van der Waals surface area contributed by atoms with E-state index >= 15 is 0 Å². The lowest BCUT2D eigenvalue weighted by molar-refractivity contribution is -0.113. The van der Waals surface area contributed by atoms with Gasteiger partial charge in [-0.3, -0.25) is 9.69 Å². The Morgan fingerprint density at radius 2 is 1.10 bits per heavy atom. The first-order chi connectivity index (χ1) is 15.3. The molecule has 0 atom stereocenters. The Labute approximate surface area is 181 Å². The van der Waals surface area contributed by atoms with E-state index in [1.165, 1.54) is 5.56 Å². The minimum atomic E-state index is -0.128. The highest BCUT2D eigenvalue weighted by atomic mass is 16.2. The molecule has 3 nitrogen and oxygen atoms in total. The first-order valence-electron chi connectivity index (χ1n) is 10.2. The topological polar surface area (TPSA) is 32.7 Å². The lowest BCUT2D eigenvalue weighted by Gasteiger charge is -2.18. The van der Waals surface area contributed by atoms with E-state index in [0.29, 0.717) is 11.5 Å². The van der Waals surface area contributed by atoms with Crippen LogP contribution in [0.25, 0.3) is 17.2 Å². The number of aliphatic imine (C=N–C) groups is 1. The fourth-order valence-electron chi connectivity index (χ4n) is 3.67. The van der Waals surface area contributed by atoms with Crippen molar-refractivity contribution in [2.24, 2.45) is 4.99 Å². The number of amidine groups is 1. The largest absolute Gasteiger partial charge is 0.282 e. The molecule has 0 aromatic heterocycles. The Hall–Kier alpha value is -4.24. The molecule has 5 rings (SSSR count). The van der Waals surface area contributed by atoms with E-state index in [9.17, 15) is 4.79 Å². The lowest BCUT2D eigenvalue weighted by Crippen LogP contribution is -2.32. The number of benzene rings is 4. The highest BCUT2D eigenvalue weighted by Gasteiger charge is 2.32. The van der Waals surface area contributed by atoms with Crippen LogP contribution < -0.4 is 4.90 Å². The van der Waals surface area contributed by atoms with E-state index in [1.54, 1.807) is 4.90 Å². The quantitative estimate of drug-likeness (QED) is 0.376. The molecule has 3 heteroatoms. The van der Waals surface area contributed by atoms with Gasteiger partial charge < -0.3 is 0 Å². The number of hydrogen-bond acceptors (Lipinski definition) is 2. The number of hydrogen-bond donors (Lipinski definition) is 0. The number of amides is 1. The molecule has 0 fully saturated rings. The van der Waals surface area contributed by atoms with Gasteiger partial charge in [0.25, 0.3) is 5.91 Å². The van der Waals surface area contributed by atoms with E-state index in [1.807, 2.05) is 97.1 Å². The van der Waals surface area contributed by atoms with Crippen LogP contribution in [-0.2, 0) is 4.79 Å². The maximum absolute atomic E-state index is 13.3. The molecule has 0 N–H and O–H groups in total. The van der Waals surface area contributed by atoms with Gasteiger partial charge >= 0.3 is 0 Å². The predicted octanol–water partition coefficient (Wildman–Crippen LogP) is 6.19. The molecule has 0 saturated carbocycles. The molecule has 0 bridgehead atoms. The Morgan fingerprint density at radius 3 is 1.71 bits per heavy atom. The van der Waals surface area contributed by atoms with Gasteiger partial charge in [-0.05, 0) is 34.9 Å². The van der Waals surface area contributed by atoms with E-state index in [4.69, 9.17) is 4.99 Å². The molecule has 31 heavy (non-hydrogen) atoms. The van der Waals surface area contributed by atoms with E-state index in [-0.39, 0.29) is 5.91 Å². The molecule has 0 unspecified atom stereocenters. The molecular formula is C28H20N2O. The van der Waals surface area contributed by atoms with Crippen LogP contribution in [0, 0.1) is 0 Å². The molecule has 0 spiro atoms. The van der Waals surface area contributed by atoms with E-state index in [2.05, 4.69) is 24.3 Å². The summed E-state index contributed by atoms with van der Waals surface area (Å²) in [4.78, 5) is 19.7. The number of carbonyl (C=O) groups is 1. The predicted molar refractivity (Wildman–Crippen MR) is 127 cm³/mol. The van der Waals surface area contributed by atoms with Crippen LogP contribution in [0.5, 0.6) is 0 Å². The molecule has 1 heterocycles. The summed E-state index contributed by atoms with van der Waals surface area (Å²) in [6, 6.07) is 37.9. The van der Waals surface area contributed by atoms with Crippen molar-refractivity contribution in [3.8, 4) is 11.1 Å². The summed E-state index contributed by atoms with van der Waals surface area (Å²) in [5.74, 6) is 0.515. The molecule has 4 aromatic rings. The van der Waals surface area contributed by atoms with Crippen LogP contribution >= 0.6 is 0 Å². The van der Waals surface area contributed by atoms with Crippen LogP contribution in [0.2, 0.25) is 0 Å². The summed E-state index contributed by atoms with van der Waals surface area (Å²) in [6.45, 7) is 0. The second-order valence-electron chi connectivity index (χ2n) is 7.30. The zero-order chi connectivity index (χ0) is 21.0. The summed E-state index contributed by atoms with van der Waals surface area (Å²) in [6.07, 6.45) is 1.85. The maximum Gasteiger partial charge on any atom is 0.282 e. The number of rotatable bonds is 4. The van der Waals surface area contributed by atoms with Gasteiger partial charge in [0.15, 0.2) is 0 Å². The fraction of sp³-hybridized carbons (Fsp3) is 0. The summed E-state index contributed by atoms with van der Waals surface area (Å²) in [7, 11) is 0. The van der Waals surface area contributed by atoms with Crippen molar-refractivity contribution in [2.45, 2.75) is 0 Å². The minimum absolute atomic E-state index is 0.128. The molecular weight excluding hydrogens is 380 g/mol. The van der Waals surface area contributed by atoms with Crippen molar-refractivity contribution in [2.75, 3.05) is 4.90 Å². The van der Waals surface area contributed by atoms with Crippen LogP contribution in [0.3, 0.4) is 0 Å². The zero-order valence-corrected chi connectivity index (χ0v) is 16.8. The first-order valence-corrected chi connectivity index (χ1v) is 10.2. The number of carbonyl (C=O) groups excluding carboxylic acids is 1. The highest BCUT2D eigenvalue weighted by molar-refractivity contribution is 6.33. The van der Waals surface area contributed by atoms with Crippen molar-refractivity contribution >= 4 is 23.5 Å². The van der Waals surface area contributed by atoms with Crippen LogP contribution in [0.15, 0.2) is 126 Å². The molecule has 1 aliphatic heterocycles. The van der Waals surface area contributed by atoms with Gasteiger partial charge in [0, 0.05) is 5.56 Å². The number of nitrogens with zero attached hydrogens (tertiary/aromatic N) is 2.